The van der Waals surface area contributed by atoms with E-state index in [1.165, 1.54) is 131 Å². The minimum Gasteiger partial charge on any atom is -0.436 e. The number of aromatic nitrogens is 4. The normalized spacial score (nSPS) is 14.9. The molecule has 9 rings (SSSR count). The van der Waals surface area contributed by atoms with Gasteiger partial charge in [-0.2, -0.15) is 0 Å². The van der Waals surface area contributed by atoms with Crippen molar-refractivity contribution < 1.29 is 57.4 Å². The lowest BCUT2D eigenvalue weighted by molar-refractivity contribution is -0.144. The average molecular weight is 1390 g/mol. The summed E-state index contributed by atoms with van der Waals surface area (Å²) in [7, 11) is 0. The molecule has 0 radical (unpaired) electrons. The monoisotopic (exact) mass is 1390 g/mol. The number of imide groups is 2. The summed E-state index contributed by atoms with van der Waals surface area (Å²) in [6.45, 7) is 8.50. The smallest absolute Gasteiger partial charge is 0.418 e. The maximum absolute atomic E-state index is 14.2. The van der Waals surface area contributed by atoms with E-state index in [4.69, 9.17) is 32.7 Å². The van der Waals surface area contributed by atoms with Gasteiger partial charge in [-0.05, 0) is 80.8 Å². The summed E-state index contributed by atoms with van der Waals surface area (Å²) in [4.78, 5) is 149. The second-order valence-electron chi connectivity index (χ2n) is 24.0. The highest BCUT2D eigenvalue weighted by atomic mass is 35.5. The minimum absolute atomic E-state index is 0.00840. The summed E-state index contributed by atoms with van der Waals surface area (Å²) in [6, 6.07) is 30.9. The van der Waals surface area contributed by atoms with Crippen molar-refractivity contribution in [3.05, 3.63) is 184 Å². The summed E-state index contributed by atoms with van der Waals surface area (Å²) in [5.41, 5.74) is 2.49. The molecule has 522 valence electrons. The van der Waals surface area contributed by atoms with Crippen LogP contribution in [0.15, 0.2) is 146 Å². The number of para-hydroxylation sites is 1. The Morgan fingerprint density at radius 1 is 0.586 bits per heavy atom. The van der Waals surface area contributed by atoms with Crippen LogP contribution in [0.1, 0.15) is 178 Å². The first-order valence-electron chi connectivity index (χ1n) is 33.8. The highest BCUT2D eigenvalue weighted by molar-refractivity contribution is 6.35. The van der Waals surface area contributed by atoms with Crippen LogP contribution in [-0.4, -0.2) is 137 Å². The van der Waals surface area contributed by atoms with Crippen molar-refractivity contribution >= 4 is 93.7 Å². The van der Waals surface area contributed by atoms with Crippen LogP contribution >= 0.6 is 23.2 Å². The first-order chi connectivity index (χ1) is 47.9. The van der Waals surface area contributed by atoms with E-state index < -0.39 is 71.7 Å². The zero-order valence-corrected chi connectivity index (χ0v) is 57.7. The number of amides is 9. The van der Waals surface area contributed by atoms with Gasteiger partial charge in [0.1, 0.15) is 23.5 Å². The summed E-state index contributed by atoms with van der Waals surface area (Å²) < 4.78 is 12.3. The molecule has 5 N–H and O–H groups in total. The van der Waals surface area contributed by atoms with Crippen LogP contribution in [0.3, 0.4) is 0 Å². The number of carbonyl (C=O) groups excluding carboxylic acids is 10. The van der Waals surface area contributed by atoms with Gasteiger partial charge in [0.15, 0.2) is 18.2 Å². The van der Waals surface area contributed by atoms with E-state index in [9.17, 15) is 47.9 Å². The van der Waals surface area contributed by atoms with E-state index in [0.29, 0.717) is 45.5 Å². The van der Waals surface area contributed by atoms with Gasteiger partial charge >= 0.3 is 12.1 Å². The molecule has 4 heterocycles. The van der Waals surface area contributed by atoms with Crippen LogP contribution in [0, 0.1) is 0 Å². The van der Waals surface area contributed by atoms with E-state index in [-0.39, 0.29) is 68.9 Å². The fourth-order valence-corrected chi connectivity index (χ4v) is 11.7. The molecule has 2 aliphatic heterocycles. The number of benzene rings is 5. The first kappa shape index (κ1) is 74.9. The Kier molecular flexibility index (Phi) is 28.6. The number of ether oxygens (including phenoxy) is 2. The molecule has 2 aliphatic rings. The molecule has 0 aliphatic carbocycles. The number of ketones is 2. The van der Waals surface area contributed by atoms with Gasteiger partial charge in [-0.15, -0.1) is 0 Å². The van der Waals surface area contributed by atoms with E-state index in [1.807, 2.05) is 30.3 Å². The third kappa shape index (κ3) is 20.4. The van der Waals surface area contributed by atoms with Crippen molar-refractivity contribution in [3.8, 4) is 17.1 Å². The van der Waals surface area contributed by atoms with E-state index >= 15 is 0 Å². The van der Waals surface area contributed by atoms with Crippen LogP contribution < -0.4 is 21.3 Å². The predicted octanol–water partition coefficient (Wildman–Crippen LogP) is 13.6. The van der Waals surface area contributed by atoms with Crippen molar-refractivity contribution in [1.29, 1.82) is 0 Å². The molecular formula is C74H85Cl2N11O12. The van der Waals surface area contributed by atoms with Crippen molar-refractivity contribution in [2.75, 3.05) is 30.3 Å². The molecular weight excluding hydrogens is 1310 g/mol. The maximum Gasteiger partial charge on any atom is 0.418 e. The van der Waals surface area contributed by atoms with Crippen molar-refractivity contribution in [2.45, 2.75) is 161 Å². The highest BCUT2D eigenvalue weighted by Gasteiger charge is 2.54. The van der Waals surface area contributed by atoms with Gasteiger partial charge < -0.3 is 40.3 Å². The molecule has 5 aromatic carbocycles. The van der Waals surface area contributed by atoms with Gasteiger partial charge in [0.25, 0.3) is 35.4 Å². The first-order valence-corrected chi connectivity index (χ1v) is 34.6. The molecule has 2 fully saturated rings. The molecule has 25 heteroatoms. The Labute approximate surface area is 586 Å². The highest BCUT2D eigenvalue weighted by Crippen LogP contribution is 2.31. The number of cyclic esters (lactones) is 1. The van der Waals surface area contributed by atoms with E-state index in [1.54, 1.807) is 72.2 Å². The van der Waals surface area contributed by atoms with Gasteiger partial charge in [-0.3, -0.25) is 43.3 Å². The number of H-pyrrole nitrogens is 1. The second kappa shape index (κ2) is 37.8. The van der Waals surface area contributed by atoms with Gasteiger partial charge in [-0.25, -0.2) is 29.4 Å². The third-order valence-electron chi connectivity index (χ3n) is 16.7. The molecule has 23 nitrogen and oxygen atoms in total. The van der Waals surface area contributed by atoms with Crippen LogP contribution in [0.4, 0.5) is 21.0 Å². The molecule has 9 amide bonds. The second-order valence-corrected chi connectivity index (χ2v) is 24.8. The fraction of sp³-hybridized carbons (Fsp3) is 0.378. The minimum atomic E-state index is -1.97. The molecule has 0 spiro atoms. The largest absolute Gasteiger partial charge is 0.436 e. The van der Waals surface area contributed by atoms with Crippen LogP contribution in [0.25, 0.3) is 17.1 Å². The molecule has 7 aromatic rings. The third-order valence-corrected chi connectivity index (χ3v) is 17.3. The number of hydrogen-bond acceptors (Lipinski definition) is 14. The number of anilines is 2. The number of nitrogens with zero attached hydrogens (tertiary/aromatic N) is 6. The predicted molar refractivity (Wildman–Crippen MR) is 376 cm³/mol. The molecule has 2 aromatic heterocycles. The number of rotatable bonds is 36. The molecule has 4 atom stereocenters. The van der Waals surface area contributed by atoms with Crippen molar-refractivity contribution in [1.82, 2.24) is 44.9 Å². The SMILES string of the molecule is CCCCCCCCCCCCNC(=O)c1ccc(Cl)c(NC(=O)C(C(=O)c2cn(-c3ccccc3)cn2)N2C(=O)OC(C)C2=O)c1.CCCCCCCCNC(=O)c1ccc(NC(=O)C(C(=O)c2cnc(-c3ccccc3)[nH]2)N2C(=O)C(OCC)N(Cc3ccccc3)C2=O)c(Cl)c1. The Bertz CT molecular complexity index is 3930. The zero-order valence-electron chi connectivity index (χ0n) is 56.1. The summed E-state index contributed by atoms with van der Waals surface area (Å²) >= 11 is 12.9. The van der Waals surface area contributed by atoms with Gasteiger partial charge in [0.05, 0.1) is 34.2 Å². The Balaban J connectivity index is 0.000000254. The molecule has 4 unspecified atom stereocenters. The molecule has 2 saturated heterocycles. The van der Waals surface area contributed by atoms with E-state index in [0.717, 1.165) is 38.5 Å². The number of unbranched alkanes of at least 4 members (excludes halogenated alkanes) is 14. The zero-order chi connectivity index (χ0) is 70.8. The van der Waals surface area contributed by atoms with Gasteiger partial charge in [-0.1, -0.05) is 206 Å². The number of nitrogens with one attached hydrogen (secondary N) is 5. The lowest BCUT2D eigenvalue weighted by atomic mass is 10.1. The number of aromatic amines is 1. The standard InChI is InChI=1S/C39H43ClN6O6.C35H42ClN5O6/c1-3-5-6-7-8-15-22-41-35(48)28-20-21-30(29(40)23-28)44-36(49)32(33(47)31-24-42-34(43-31)27-18-13-10-14-19-27)46-37(50)38(52-4-2)45(39(46)51)25-26-16-11-9-12-17-26;1-3-4-5-6-7-8-9-10-11-15-20-37-32(43)25-18-19-27(36)28(21-25)39-33(44)30(41-34(45)24(2)47-35(41)46)31(42)29-22-40(23-38-29)26-16-13-12-14-17-26/h9-14,16-21,23-24,32,38H,3-8,15,22,25H2,1-2H3,(H,41,48)(H,42,43)(H,44,49);12-14,16-19,21-24,30H,3-11,15,20H2,1-2H3,(H,37,43)(H,39,44). The van der Waals surface area contributed by atoms with Crippen LogP contribution in [0.2, 0.25) is 10.0 Å². The Hall–Kier alpha value is -9.84. The number of Topliss-reactive ketones (excluding diaryl/α,β-unsaturated/α-hetero) is 2. The van der Waals surface area contributed by atoms with Crippen molar-refractivity contribution in [2.24, 2.45) is 0 Å². The summed E-state index contributed by atoms with van der Waals surface area (Å²) in [6.07, 6.45) is 18.8. The topological polar surface area (TPSA) is 294 Å². The maximum atomic E-state index is 14.2. The number of imidazole rings is 2. The fourth-order valence-electron chi connectivity index (χ4n) is 11.3. The lowest BCUT2D eigenvalue weighted by Crippen LogP contribution is -2.52. The Morgan fingerprint density at radius 2 is 1.12 bits per heavy atom. The van der Waals surface area contributed by atoms with Crippen molar-refractivity contribution in [3.63, 3.8) is 0 Å². The molecule has 99 heavy (non-hydrogen) atoms. The van der Waals surface area contributed by atoms with E-state index in [2.05, 4.69) is 50.1 Å². The quantitative estimate of drug-likeness (QED) is 0.0106. The van der Waals surface area contributed by atoms with Crippen LogP contribution in [0.5, 0.6) is 0 Å². The number of halogens is 2. The van der Waals surface area contributed by atoms with Gasteiger partial charge in [0.2, 0.25) is 17.8 Å². The average Bonchev–Trinajstić information content (AvgIpc) is 1.64. The summed E-state index contributed by atoms with van der Waals surface area (Å²) in [5, 5.41) is 11.0. The lowest BCUT2D eigenvalue weighted by Gasteiger charge is -2.24. The van der Waals surface area contributed by atoms with Crippen LogP contribution in [-0.2, 0) is 35.2 Å². The van der Waals surface area contributed by atoms with Gasteiger partial charge in [0, 0.05) is 48.3 Å². The number of carbonyl (C=O) groups is 10. The molecule has 0 bridgehead atoms. The Morgan fingerprint density at radius 3 is 1.69 bits per heavy atom. The number of hydrogen-bond donors (Lipinski definition) is 5. The number of urea groups is 1. The summed E-state index contributed by atoms with van der Waals surface area (Å²) in [5.74, 6) is -5.84. The molecule has 0 saturated carbocycles.